The summed E-state index contributed by atoms with van der Waals surface area (Å²) in [6, 6.07) is 10.6. The summed E-state index contributed by atoms with van der Waals surface area (Å²) >= 11 is 0. The Hall–Kier alpha value is -0.850. The molecule has 7 heteroatoms. The second-order valence-electron chi connectivity index (χ2n) is 6.52. The molecule has 0 aromatic heterocycles. The molecule has 0 unspecified atom stereocenters. The molecule has 25 heavy (non-hydrogen) atoms. The van der Waals surface area contributed by atoms with E-state index in [0.717, 1.165) is 65.3 Å². The van der Waals surface area contributed by atoms with Gasteiger partial charge in [-0.25, -0.2) is 0 Å². The van der Waals surface area contributed by atoms with Crippen LogP contribution in [0.25, 0.3) is 0 Å². The molecule has 142 valence electrons. The summed E-state index contributed by atoms with van der Waals surface area (Å²) in [6.45, 7) is 9.38. The van der Waals surface area contributed by atoms with Gasteiger partial charge in [0, 0.05) is 52.4 Å². The van der Waals surface area contributed by atoms with Gasteiger partial charge in [-0.05, 0) is 18.5 Å². The van der Waals surface area contributed by atoms with Crippen molar-refractivity contribution in [3.8, 4) is 0 Å². The largest absolute Gasteiger partial charge is 0.340 e. The maximum Gasteiger partial charge on any atom is 0.236 e. The predicted molar refractivity (Wildman–Crippen MR) is 107 cm³/mol. The van der Waals surface area contributed by atoms with Gasteiger partial charge in [-0.15, -0.1) is 24.8 Å². The lowest BCUT2D eigenvalue weighted by Crippen LogP contribution is -2.50. The zero-order valence-electron chi connectivity index (χ0n) is 14.7. The van der Waals surface area contributed by atoms with E-state index in [1.807, 2.05) is 4.90 Å². The van der Waals surface area contributed by atoms with Gasteiger partial charge in [0.25, 0.3) is 0 Å². The van der Waals surface area contributed by atoms with Crippen molar-refractivity contribution in [1.82, 2.24) is 20.0 Å². The van der Waals surface area contributed by atoms with Crippen LogP contribution < -0.4 is 5.32 Å². The number of benzene rings is 1. The highest BCUT2D eigenvalue weighted by molar-refractivity contribution is 5.85. The lowest BCUT2D eigenvalue weighted by Gasteiger charge is -2.35. The highest BCUT2D eigenvalue weighted by Gasteiger charge is 2.22. The monoisotopic (exact) mass is 388 g/mol. The molecule has 2 saturated heterocycles. The molecule has 0 saturated carbocycles. The van der Waals surface area contributed by atoms with Crippen LogP contribution in [-0.4, -0.2) is 79.5 Å². The summed E-state index contributed by atoms with van der Waals surface area (Å²) in [5.41, 5.74) is 1.37. The molecule has 0 radical (unpaired) electrons. The molecular weight excluding hydrogens is 359 g/mol. The first-order chi connectivity index (χ1) is 11.3. The zero-order chi connectivity index (χ0) is 15.9. The average Bonchev–Trinajstić information content (AvgIpc) is 2.87. The van der Waals surface area contributed by atoms with Crippen LogP contribution in [0.2, 0.25) is 0 Å². The second kappa shape index (κ2) is 11.7. The fourth-order valence-corrected chi connectivity index (χ4v) is 3.33. The normalized spacial score (nSPS) is 19.4. The van der Waals surface area contributed by atoms with Gasteiger partial charge in [0.05, 0.1) is 6.54 Å². The van der Waals surface area contributed by atoms with E-state index in [-0.39, 0.29) is 24.8 Å². The van der Waals surface area contributed by atoms with Gasteiger partial charge in [-0.1, -0.05) is 30.3 Å². The first kappa shape index (κ1) is 22.2. The molecule has 1 aromatic rings. The Bertz CT molecular complexity index is 487. The second-order valence-corrected chi connectivity index (χ2v) is 6.52. The Balaban J connectivity index is 0.00000156. The smallest absolute Gasteiger partial charge is 0.236 e. The van der Waals surface area contributed by atoms with Crippen molar-refractivity contribution < 1.29 is 4.79 Å². The molecular formula is C18H30Cl2N4O. The van der Waals surface area contributed by atoms with Gasteiger partial charge < -0.3 is 10.2 Å². The van der Waals surface area contributed by atoms with Crippen molar-refractivity contribution in [2.24, 2.45) is 0 Å². The molecule has 2 fully saturated rings. The van der Waals surface area contributed by atoms with Crippen LogP contribution in [0.5, 0.6) is 0 Å². The van der Waals surface area contributed by atoms with Gasteiger partial charge in [-0.3, -0.25) is 14.6 Å². The Morgan fingerprint density at radius 3 is 2.28 bits per heavy atom. The van der Waals surface area contributed by atoms with Crippen molar-refractivity contribution in [3.05, 3.63) is 35.9 Å². The molecule has 2 aliphatic rings. The van der Waals surface area contributed by atoms with Crippen LogP contribution in [0.3, 0.4) is 0 Å². The topological polar surface area (TPSA) is 38.8 Å². The highest BCUT2D eigenvalue weighted by atomic mass is 35.5. The van der Waals surface area contributed by atoms with Crippen molar-refractivity contribution in [2.45, 2.75) is 13.0 Å². The minimum atomic E-state index is 0. The molecule has 0 atom stereocenters. The van der Waals surface area contributed by atoms with E-state index in [9.17, 15) is 4.79 Å². The Kier molecular flexibility index (Phi) is 10.4. The third kappa shape index (κ3) is 7.12. The third-order valence-corrected chi connectivity index (χ3v) is 4.77. The van der Waals surface area contributed by atoms with Crippen molar-refractivity contribution >= 4 is 30.7 Å². The molecule has 0 bridgehead atoms. The fourth-order valence-electron chi connectivity index (χ4n) is 3.33. The number of nitrogens with zero attached hydrogens (tertiary/aromatic N) is 3. The van der Waals surface area contributed by atoms with Gasteiger partial charge in [0.1, 0.15) is 0 Å². The third-order valence-electron chi connectivity index (χ3n) is 4.77. The van der Waals surface area contributed by atoms with Crippen LogP contribution >= 0.6 is 24.8 Å². The number of carbonyl (C=O) groups excluding carboxylic acids is 1. The van der Waals surface area contributed by atoms with Crippen molar-refractivity contribution in [1.29, 1.82) is 0 Å². The first-order valence-corrected chi connectivity index (χ1v) is 8.78. The predicted octanol–water partition coefficient (Wildman–Crippen LogP) is 1.47. The van der Waals surface area contributed by atoms with E-state index in [1.165, 1.54) is 5.56 Å². The summed E-state index contributed by atoms with van der Waals surface area (Å²) in [6.07, 6.45) is 1.07. The number of amides is 1. The molecule has 1 aromatic carbocycles. The standard InChI is InChI=1S/C18H28N4O.2ClH/c23-18(22-9-4-7-19-8-10-22)16-21-13-11-20(12-14-21)15-17-5-2-1-3-6-17;;/h1-3,5-6,19H,4,7-16H2;2*1H. The Labute approximate surface area is 163 Å². The summed E-state index contributed by atoms with van der Waals surface area (Å²) in [4.78, 5) is 19.2. The van der Waals surface area contributed by atoms with Crippen LogP contribution in [0.15, 0.2) is 30.3 Å². The van der Waals surface area contributed by atoms with Crippen LogP contribution in [0.4, 0.5) is 0 Å². The minimum Gasteiger partial charge on any atom is -0.340 e. The maximum atomic E-state index is 12.4. The van der Waals surface area contributed by atoms with Gasteiger partial charge in [-0.2, -0.15) is 0 Å². The highest BCUT2D eigenvalue weighted by Crippen LogP contribution is 2.09. The Morgan fingerprint density at radius 1 is 0.880 bits per heavy atom. The number of nitrogens with one attached hydrogen (secondary N) is 1. The van der Waals surface area contributed by atoms with E-state index in [1.54, 1.807) is 0 Å². The minimum absolute atomic E-state index is 0. The zero-order valence-corrected chi connectivity index (χ0v) is 16.4. The van der Waals surface area contributed by atoms with Gasteiger partial charge in [0.15, 0.2) is 0 Å². The number of rotatable bonds is 4. The molecule has 2 aliphatic heterocycles. The van der Waals surface area contributed by atoms with Gasteiger partial charge >= 0.3 is 0 Å². The molecule has 0 aliphatic carbocycles. The average molecular weight is 389 g/mol. The molecule has 0 spiro atoms. The molecule has 1 N–H and O–H groups in total. The summed E-state index contributed by atoms with van der Waals surface area (Å²) in [5.74, 6) is 0.296. The Morgan fingerprint density at radius 2 is 1.56 bits per heavy atom. The lowest BCUT2D eigenvalue weighted by molar-refractivity contribution is -0.132. The van der Waals surface area contributed by atoms with Gasteiger partial charge in [0.2, 0.25) is 5.91 Å². The van der Waals surface area contributed by atoms with Crippen LogP contribution in [0.1, 0.15) is 12.0 Å². The SMILES string of the molecule is Cl.Cl.O=C(CN1CCN(Cc2ccccc2)CC1)N1CCCNCC1. The van der Waals surface area contributed by atoms with E-state index in [4.69, 9.17) is 0 Å². The molecule has 2 heterocycles. The number of hydrogen-bond acceptors (Lipinski definition) is 4. The van der Waals surface area contributed by atoms with E-state index in [2.05, 4.69) is 45.4 Å². The maximum absolute atomic E-state index is 12.4. The molecule has 5 nitrogen and oxygen atoms in total. The molecule has 3 rings (SSSR count). The lowest BCUT2D eigenvalue weighted by atomic mass is 10.2. The summed E-state index contributed by atoms with van der Waals surface area (Å²) in [7, 11) is 0. The van der Waals surface area contributed by atoms with Crippen LogP contribution in [0, 0.1) is 0 Å². The van der Waals surface area contributed by atoms with Crippen molar-refractivity contribution in [3.63, 3.8) is 0 Å². The number of piperazine rings is 1. The van der Waals surface area contributed by atoms with Crippen molar-refractivity contribution in [2.75, 3.05) is 58.9 Å². The number of hydrogen-bond donors (Lipinski definition) is 1. The van der Waals surface area contributed by atoms with E-state index >= 15 is 0 Å². The fraction of sp³-hybridized carbons (Fsp3) is 0.611. The number of halogens is 2. The number of carbonyl (C=O) groups is 1. The summed E-state index contributed by atoms with van der Waals surface area (Å²) in [5, 5.41) is 3.35. The van der Waals surface area contributed by atoms with E-state index < -0.39 is 0 Å². The summed E-state index contributed by atoms with van der Waals surface area (Å²) < 4.78 is 0. The molecule has 1 amide bonds. The van der Waals surface area contributed by atoms with E-state index in [0.29, 0.717) is 12.5 Å². The first-order valence-electron chi connectivity index (χ1n) is 8.78. The van der Waals surface area contributed by atoms with Crippen LogP contribution in [-0.2, 0) is 11.3 Å². The quantitative estimate of drug-likeness (QED) is 0.847.